The fraction of sp³-hybridized carbons (Fsp3) is 0.240. The quantitative estimate of drug-likeness (QED) is 0.0506. The van der Waals surface area contributed by atoms with E-state index in [-0.39, 0.29) is 87.8 Å². The van der Waals surface area contributed by atoms with Crippen LogP contribution in [0.25, 0.3) is 0 Å². The second kappa shape index (κ2) is 42.3. The standard InChI is InChI=1S/C13H15N3O2.C7H5NO3.C5H10N2O.5HI.2V.2Y/c1-3-12(10-14-4-2)15-9-11-6-5-7-13(8-11)16(17)18;9-5-6-2-1-3-7(4-6)8(10)11;1-2-7-3-5(6)4-8;;;;;;;;;/h5-9,12,14H,1-2,4,10H2;1-5H;5,7H,1-3,6H2;5*1H;;;;/q-2;;-2;;;;;;+2;+3;;/p-5/t12-;;5-;;;;;;;;;/m1.0........./s1. The second-order valence-electron chi connectivity index (χ2n) is 7.21. The minimum atomic E-state index is -0.535. The molecule has 2 atom stereocenters. The first-order valence-corrected chi connectivity index (χ1v) is 34.2. The van der Waals surface area contributed by atoms with Crippen molar-refractivity contribution in [1.82, 2.24) is 10.6 Å². The Morgan fingerprint density at radius 3 is 1.76 bits per heavy atom. The summed E-state index contributed by atoms with van der Waals surface area (Å²) in [6.07, 6.45) is 6.57. The molecule has 2 aromatic rings. The number of carbonyl (C=O) groups excluding carboxylic acids is 2. The molecule has 0 bridgehead atoms. The topological polar surface area (TPSA) is 183 Å². The third kappa shape index (κ3) is 39.7. The van der Waals surface area contributed by atoms with Gasteiger partial charge in [-0.1, -0.05) is 36.3 Å². The molecule has 0 heterocycles. The van der Waals surface area contributed by atoms with Crippen LogP contribution in [0, 0.1) is 40.2 Å². The van der Waals surface area contributed by atoms with Crippen LogP contribution in [-0.2, 0) is 84.6 Å². The van der Waals surface area contributed by atoms with Crippen LogP contribution in [0.5, 0.6) is 0 Å². The predicted molar refractivity (Wildman–Crippen MR) is 212 cm³/mol. The Bertz CT molecular complexity index is 1130. The minimum Gasteiger partial charge on any atom is 0 e. The first-order chi connectivity index (χ1) is 20.9. The van der Waals surface area contributed by atoms with E-state index in [4.69, 9.17) is 5.73 Å². The zero-order valence-electron chi connectivity index (χ0n) is 24.2. The van der Waals surface area contributed by atoms with Crippen molar-refractivity contribution in [1.29, 1.82) is 0 Å². The van der Waals surface area contributed by atoms with E-state index in [1.165, 1.54) is 36.4 Å². The minimum absolute atomic E-state index is 0. The van der Waals surface area contributed by atoms with Crippen molar-refractivity contribution in [3.63, 3.8) is 0 Å². The molecule has 4 N–H and O–H groups in total. The Labute approximate surface area is 387 Å². The number of hydrogen-bond donors (Lipinski definition) is 3. The predicted octanol–water partition coefficient (Wildman–Crippen LogP) is 6.47. The monoisotopic (exact) mass is 1420 g/mol. The first-order valence-electron chi connectivity index (χ1n) is 11.7. The SMILES string of the molecule is C=[C-][C@H](CNC[CH2-])N=Cc1cccc([N+](=O)[O-])c1.O=Cc1cccc([N+](=O)[O-])c1.[CH2-]CNC[C@H](N)[C-]=O.[I][V]([I])[I].[I][V][I].[Y].[Y]. The number of hydrogen-bond acceptors (Lipinski definition) is 10. The van der Waals surface area contributed by atoms with E-state index in [2.05, 4.69) is 142 Å². The molecule has 0 saturated carbocycles. The normalized spacial score (nSPS) is 10.5. The number of nitro benzene ring substituents is 2. The molecule has 2 radical (unpaired) electrons. The summed E-state index contributed by atoms with van der Waals surface area (Å²) in [5.41, 5.74) is 6.13. The Morgan fingerprint density at radius 1 is 0.978 bits per heavy atom. The van der Waals surface area contributed by atoms with E-state index in [1.54, 1.807) is 24.6 Å². The molecule has 0 spiro atoms. The Hall–Kier alpha value is 2.90. The molecule has 46 heavy (non-hydrogen) atoms. The maximum atomic E-state index is 10.6. The molecule has 0 saturated heterocycles. The number of non-ortho nitro benzene ring substituents is 2. The molecule has 0 aromatic heterocycles. The van der Waals surface area contributed by atoms with Gasteiger partial charge in [0.1, 0.15) is 6.29 Å². The van der Waals surface area contributed by atoms with Gasteiger partial charge in [-0.05, 0) is 18.7 Å². The molecule has 251 valence electrons. The van der Waals surface area contributed by atoms with Gasteiger partial charge in [-0.3, -0.25) is 31.6 Å². The molecule has 0 amide bonds. The van der Waals surface area contributed by atoms with Gasteiger partial charge in [0, 0.05) is 101 Å². The number of nitrogens with one attached hydrogen (secondary N) is 2. The van der Waals surface area contributed by atoms with E-state index < -0.39 is 15.9 Å². The van der Waals surface area contributed by atoms with Gasteiger partial charge in [-0.2, -0.15) is 0 Å². The summed E-state index contributed by atoms with van der Waals surface area (Å²) in [5.74, 6) is 0. The Morgan fingerprint density at radius 2 is 1.39 bits per heavy atom. The summed E-state index contributed by atoms with van der Waals surface area (Å²) < 4.78 is 0. The fourth-order valence-corrected chi connectivity index (χ4v) is 2.32. The Balaban J connectivity index is -0.000000172. The number of aldehydes is 1. The van der Waals surface area contributed by atoms with Crippen molar-refractivity contribution < 1.29 is 99.2 Å². The summed E-state index contributed by atoms with van der Waals surface area (Å²) >= 11 is 12.1. The molecule has 21 heteroatoms. The van der Waals surface area contributed by atoms with Crippen LogP contribution in [0.4, 0.5) is 11.4 Å². The number of carbonyl (C=O) groups is 1. The van der Waals surface area contributed by atoms with Gasteiger partial charge >= 0.3 is 114 Å². The largest absolute Gasteiger partial charge is 0 e. The van der Waals surface area contributed by atoms with Crippen LogP contribution in [0.3, 0.4) is 0 Å². The van der Waals surface area contributed by atoms with Crippen molar-refractivity contribution in [3.8, 4) is 0 Å². The maximum Gasteiger partial charge on any atom is 0 e. The van der Waals surface area contributed by atoms with Gasteiger partial charge in [-0.15, -0.1) is 13.1 Å². The van der Waals surface area contributed by atoms with Crippen molar-refractivity contribution in [2.45, 2.75) is 12.1 Å². The van der Waals surface area contributed by atoms with Crippen LogP contribution in [0.15, 0.2) is 60.1 Å². The first kappa shape index (κ1) is 58.2. The molecule has 2 aromatic carbocycles. The molecule has 0 aliphatic heterocycles. The third-order valence-electron chi connectivity index (χ3n) is 4.14. The van der Waals surface area contributed by atoms with Crippen molar-refractivity contribution in [3.05, 3.63) is 106 Å². The zero-order valence-corrected chi connectivity index (χ0v) is 43.4. The molecular weight excluding hydrogens is 1390 g/mol. The molecule has 2 rings (SSSR count). The summed E-state index contributed by atoms with van der Waals surface area (Å²) in [7, 11) is 0.628. The number of nitro groups is 2. The van der Waals surface area contributed by atoms with Crippen LogP contribution in [0.2, 0.25) is 0 Å². The van der Waals surface area contributed by atoms with E-state index in [0.717, 1.165) is 0 Å². The number of halogens is 5. The Kier molecular flexibility index (Phi) is 53.5. The smallest absolute Gasteiger partial charge is 0 e. The van der Waals surface area contributed by atoms with E-state index in [9.17, 15) is 29.8 Å². The van der Waals surface area contributed by atoms with Crippen molar-refractivity contribution in [2.75, 3.05) is 26.2 Å². The van der Waals surface area contributed by atoms with Gasteiger partial charge in [0.05, 0.1) is 9.85 Å². The van der Waals surface area contributed by atoms with Crippen LogP contribution in [0.1, 0.15) is 15.9 Å². The van der Waals surface area contributed by atoms with Gasteiger partial charge in [0.15, 0.2) is 0 Å². The molecule has 0 unspecified atom stereocenters. The number of rotatable bonds is 13. The number of benzene rings is 2. The van der Waals surface area contributed by atoms with E-state index in [0.29, 0.717) is 53.1 Å². The zero-order chi connectivity index (χ0) is 34.3. The van der Waals surface area contributed by atoms with Gasteiger partial charge < -0.3 is 46.1 Å². The van der Waals surface area contributed by atoms with Crippen LogP contribution < -0.4 is 16.4 Å². The fourth-order valence-electron chi connectivity index (χ4n) is 2.32. The molecular formula is C25H30I5N6O6V2Y2-4. The summed E-state index contributed by atoms with van der Waals surface area (Å²) in [4.78, 5) is 43.6. The van der Waals surface area contributed by atoms with E-state index >= 15 is 0 Å². The van der Waals surface area contributed by atoms with Gasteiger partial charge in [0.2, 0.25) is 0 Å². The van der Waals surface area contributed by atoms with Gasteiger partial charge in [-0.25, -0.2) is 6.29 Å². The van der Waals surface area contributed by atoms with Crippen molar-refractivity contribution in [2.24, 2.45) is 10.7 Å². The second-order valence-corrected chi connectivity index (χ2v) is 54.4. The average molecular weight is 1420 g/mol. The molecule has 0 aliphatic carbocycles. The molecule has 0 aliphatic rings. The number of aliphatic imine (C=N–C) groups is 1. The number of nitrogens with two attached hydrogens (primary N) is 1. The van der Waals surface area contributed by atoms with Gasteiger partial charge in [0.25, 0.3) is 11.4 Å². The summed E-state index contributed by atoms with van der Waals surface area (Å²) in [6, 6.07) is 11.2. The summed E-state index contributed by atoms with van der Waals surface area (Å²) in [5, 5.41) is 26.6. The van der Waals surface area contributed by atoms with Crippen LogP contribution in [-0.4, -0.2) is 66.9 Å². The molecule has 0 fully saturated rings. The average Bonchev–Trinajstić information content (AvgIpc) is 3.00. The maximum absolute atomic E-state index is 10.6. The third-order valence-corrected chi connectivity index (χ3v) is 4.14. The van der Waals surface area contributed by atoms with Crippen molar-refractivity contribution >= 4 is 130 Å². The summed E-state index contributed by atoms with van der Waals surface area (Å²) in [6.45, 7) is 13.0. The van der Waals surface area contributed by atoms with Crippen LogP contribution >= 0.6 is 99.9 Å². The number of nitrogens with zero attached hydrogens (tertiary/aromatic N) is 3. The van der Waals surface area contributed by atoms with E-state index in [1.807, 2.05) is 0 Å². The molecule has 12 nitrogen and oxygen atoms in total.